The summed E-state index contributed by atoms with van der Waals surface area (Å²) in [7, 11) is -3.02. The van der Waals surface area contributed by atoms with E-state index in [0.29, 0.717) is 6.54 Å². The quantitative estimate of drug-likeness (QED) is 0.903. The maximum absolute atomic E-state index is 12.2. The number of aryl methyl sites for hydroxylation is 2. The van der Waals surface area contributed by atoms with Gasteiger partial charge in [0.05, 0.1) is 10.6 Å². The van der Waals surface area contributed by atoms with Crippen molar-refractivity contribution in [3.8, 4) is 0 Å². The molecule has 1 aromatic carbocycles. The van der Waals surface area contributed by atoms with Crippen LogP contribution in [0.25, 0.3) is 0 Å². The van der Waals surface area contributed by atoms with Gasteiger partial charge in [-0.3, -0.25) is 4.79 Å². The molecule has 3 rings (SSSR count). The maximum atomic E-state index is 12.2. The summed E-state index contributed by atoms with van der Waals surface area (Å²) in [5.74, 6) is 0.00466. The van der Waals surface area contributed by atoms with Crippen LogP contribution in [-0.4, -0.2) is 20.6 Å². The third-order valence-corrected chi connectivity index (χ3v) is 5.97. The van der Waals surface area contributed by atoms with Gasteiger partial charge >= 0.3 is 0 Å². The van der Waals surface area contributed by atoms with Gasteiger partial charge in [0.25, 0.3) is 5.91 Å². The largest absolute Gasteiger partial charge is 0.347 e. The van der Waals surface area contributed by atoms with Crippen LogP contribution in [0.5, 0.6) is 0 Å². The summed E-state index contributed by atoms with van der Waals surface area (Å²) in [5, 5.41) is 2.92. The highest BCUT2D eigenvalue weighted by molar-refractivity contribution is 7.89. The number of thiophene rings is 1. The second kappa shape index (κ2) is 6.45. The van der Waals surface area contributed by atoms with Gasteiger partial charge in [0, 0.05) is 17.7 Å². The van der Waals surface area contributed by atoms with Gasteiger partial charge < -0.3 is 5.32 Å². The molecule has 1 aromatic heterocycles. The van der Waals surface area contributed by atoms with Gasteiger partial charge in [0.2, 0.25) is 0 Å². The summed E-state index contributed by atoms with van der Waals surface area (Å²) in [4.78, 5) is 14.3. The van der Waals surface area contributed by atoms with Crippen LogP contribution in [0, 0.1) is 0 Å². The Balaban J connectivity index is 1.58. The predicted octanol–water partition coefficient (Wildman–Crippen LogP) is 2.71. The lowest BCUT2D eigenvalue weighted by atomic mass is 10.1. The zero-order valence-electron chi connectivity index (χ0n) is 13.0. The molecular formula is C17H19NO3S2. The number of benzene rings is 1. The van der Waals surface area contributed by atoms with Crippen molar-refractivity contribution in [1.82, 2.24) is 5.32 Å². The van der Waals surface area contributed by atoms with Gasteiger partial charge in [-0.15, -0.1) is 11.3 Å². The molecule has 0 fully saturated rings. The zero-order chi connectivity index (χ0) is 16.4. The molecule has 0 radical (unpaired) electrons. The fraction of sp³-hybridized carbons (Fsp3) is 0.353. The van der Waals surface area contributed by atoms with Crippen molar-refractivity contribution < 1.29 is 13.2 Å². The van der Waals surface area contributed by atoms with Gasteiger partial charge in [-0.1, -0.05) is 24.3 Å². The molecule has 2 aromatic rings. The minimum absolute atomic E-state index is 0.0374. The van der Waals surface area contributed by atoms with Crippen LogP contribution in [0.2, 0.25) is 0 Å². The topological polar surface area (TPSA) is 63.2 Å². The molecule has 0 saturated heterocycles. The SMILES string of the molecule is CS(=O)(=O)Cc1ccc(CNC(=O)c2cc3c(s2)CCC3)cc1. The summed E-state index contributed by atoms with van der Waals surface area (Å²) in [5.41, 5.74) is 3.04. The van der Waals surface area contributed by atoms with E-state index in [1.807, 2.05) is 18.2 Å². The second-order valence-electron chi connectivity index (χ2n) is 5.98. The maximum Gasteiger partial charge on any atom is 0.261 e. The fourth-order valence-electron chi connectivity index (χ4n) is 2.77. The third kappa shape index (κ3) is 4.20. The number of amides is 1. The molecular weight excluding hydrogens is 330 g/mol. The van der Waals surface area contributed by atoms with E-state index < -0.39 is 9.84 Å². The number of rotatable bonds is 5. The first kappa shape index (κ1) is 16.2. The molecule has 0 bridgehead atoms. The number of nitrogens with one attached hydrogen (secondary N) is 1. The highest BCUT2D eigenvalue weighted by Crippen LogP contribution is 2.30. The number of sulfone groups is 1. The fourth-order valence-corrected chi connectivity index (χ4v) is 4.73. The van der Waals surface area contributed by atoms with Gasteiger partial charge in [-0.25, -0.2) is 8.42 Å². The Morgan fingerprint density at radius 1 is 1.17 bits per heavy atom. The summed E-state index contributed by atoms with van der Waals surface area (Å²) in [6, 6.07) is 9.31. The molecule has 1 heterocycles. The first-order valence-electron chi connectivity index (χ1n) is 7.56. The van der Waals surface area contributed by atoms with Crippen LogP contribution in [0.1, 0.15) is 37.7 Å². The Kier molecular flexibility index (Phi) is 4.55. The smallest absolute Gasteiger partial charge is 0.261 e. The van der Waals surface area contributed by atoms with Crippen molar-refractivity contribution in [2.45, 2.75) is 31.6 Å². The average Bonchev–Trinajstić information content (AvgIpc) is 3.05. The highest BCUT2D eigenvalue weighted by Gasteiger charge is 2.18. The van der Waals surface area contributed by atoms with Crippen molar-refractivity contribution in [2.24, 2.45) is 0 Å². The van der Waals surface area contributed by atoms with Gasteiger partial charge in [-0.05, 0) is 42.0 Å². The van der Waals surface area contributed by atoms with E-state index >= 15 is 0 Å². The Hall–Kier alpha value is -1.66. The number of hydrogen-bond donors (Lipinski definition) is 1. The third-order valence-electron chi connectivity index (χ3n) is 3.88. The van der Waals surface area contributed by atoms with Crippen LogP contribution in [0.3, 0.4) is 0 Å². The van der Waals surface area contributed by atoms with Gasteiger partial charge in [-0.2, -0.15) is 0 Å². The van der Waals surface area contributed by atoms with Crippen LogP contribution in [-0.2, 0) is 35.0 Å². The van der Waals surface area contributed by atoms with Crippen molar-refractivity contribution in [2.75, 3.05) is 6.26 Å². The number of fused-ring (bicyclic) bond motifs is 1. The molecule has 1 aliphatic rings. The van der Waals surface area contributed by atoms with Crippen molar-refractivity contribution >= 4 is 27.1 Å². The molecule has 4 nitrogen and oxygen atoms in total. The van der Waals surface area contributed by atoms with E-state index in [1.54, 1.807) is 23.5 Å². The van der Waals surface area contributed by atoms with Crippen molar-refractivity contribution in [3.05, 3.63) is 56.8 Å². The molecule has 23 heavy (non-hydrogen) atoms. The molecule has 0 spiro atoms. The summed E-state index contributed by atoms with van der Waals surface area (Å²) in [6.45, 7) is 0.445. The molecule has 1 aliphatic carbocycles. The normalized spacial score (nSPS) is 13.8. The first-order chi connectivity index (χ1) is 10.9. The van der Waals surface area contributed by atoms with Gasteiger partial charge in [0.15, 0.2) is 9.84 Å². The Morgan fingerprint density at radius 2 is 1.87 bits per heavy atom. The van der Waals surface area contributed by atoms with E-state index in [9.17, 15) is 13.2 Å². The standard InChI is InChI=1S/C17H19NO3S2/c1-23(20,21)11-13-7-5-12(6-8-13)10-18-17(19)16-9-14-3-2-4-15(14)22-16/h5-9H,2-4,10-11H2,1H3,(H,18,19). The van der Waals surface area contributed by atoms with Crippen LogP contribution >= 0.6 is 11.3 Å². The van der Waals surface area contributed by atoms with Crippen molar-refractivity contribution in [3.63, 3.8) is 0 Å². The Labute approximate surface area is 140 Å². The molecule has 0 unspecified atom stereocenters. The van der Waals surface area contributed by atoms with Crippen LogP contribution < -0.4 is 5.32 Å². The number of carbonyl (C=O) groups excluding carboxylic acids is 1. The molecule has 6 heteroatoms. The highest BCUT2D eigenvalue weighted by atomic mass is 32.2. The summed E-state index contributed by atoms with van der Waals surface area (Å²) in [6.07, 6.45) is 4.60. The molecule has 0 atom stereocenters. The zero-order valence-corrected chi connectivity index (χ0v) is 14.6. The van der Waals surface area contributed by atoms with E-state index in [0.717, 1.165) is 28.8 Å². The molecule has 1 N–H and O–H groups in total. The number of carbonyl (C=O) groups is 1. The minimum atomic E-state index is -3.02. The van der Waals surface area contributed by atoms with E-state index in [-0.39, 0.29) is 11.7 Å². The molecule has 122 valence electrons. The van der Waals surface area contributed by atoms with Crippen LogP contribution in [0.4, 0.5) is 0 Å². The predicted molar refractivity (Wildman–Crippen MR) is 92.5 cm³/mol. The van der Waals surface area contributed by atoms with Crippen LogP contribution in [0.15, 0.2) is 30.3 Å². The average molecular weight is 349 g/mol. The van der Waals surface area contributed by atoms with Crippen molar-refractivity contribution in [1.29, 1.82) is 0 Å². The molecule has 0 saturated carbocycles. The first-order valence-corrected chi connectivity index (χ1v) is 10.4. The minimum Gasteiger partial charge on any atom is -0.347 e. The molecule has 0 aliphatic heterocycles. The second-order valence-corrected chi connectivity index (χ2v) is 9.26. The van der Waals surface area contributed by atoms with Gasteiger partial charge in [0.1, 0.15) is 0 Å². The molecule has 1 amide bonds. The Bertz CT molecular complexity index is 799. The summed E-state index contributed by atoms with van der Waals surface area (Å²) < 4.78 is 22.5. The lowest BCUT2D eigenvalue weighted by molar-refractivity contribution is 0.0955. The monoisotopic (exact) mass is 349 g/mol. The van der Waals surface area contributed by atoms with E-state index in [4.69, 9.17) is 0 Å². The number of hydrogen-bond acceptors (Lipinski definition) is 4. The Morgan fingerprint density at radius 3 is 2.52 bits per heavy atom. The summed E-state index contributed by atoms with van der Waals surface area (Å²) >= 11 is 1.60. The lowest BCUT2D eigenvalue weighted by Crippen LogP contribution is -2.21. The van der Waals surface area contributed by atoms with E-state index in [1.165, 1.54) is 23.1 Å². The lowest BCUT2D eigenvalue weighted by Gasteiger charge is -2.05. The van der Waals surface area contributed by atoms with E-state index in [2.05, 4.69) is 5.32 Å².